The normalized spacial score (nSPS) is 20.3. The number of sulfonamides is 1. The van der Waals surface area contributed by atoms with E-state index in [2.05, 4.69) is 9.88 Å². The number of nitrogens with zero attached hydrogens (tertiary/aromatic N) is 4. The largest absolute Gasteiger partial charge is 0.345 e. The minimum absolute atomic E-state index is 0.139. The molecule has 1 atom stereocenters. The Bertz CT molecular complexity index is 1420. The molecule has 0 saturated carbocycles. The maximum Gasteiger partial charge on any atom is 0.253 e. The number of aromatic nitrogens is 1. The molecule has 4 heterocycles. The lowest BCUT2D eigenvalue weighted by Crippen LogP contribution is -2.54. The molecule has 0 radical (unpaired) electrons. The molecule has 13 heteroatoms. The summed E-state index contributed by atoms with van der Waals surface area (Å²) >= 11 is 2.60. The number of thiophene rings is 1. The summed E-state index contributed by atoms with van der Waals surface area (Å²) in [6.45, 7) is 2.47. The second-order valence-corrected chi connectivity index (χ2v) is 14.5. The predicted octanol–water partition coefficient (Wildman–Crippen LogP) is 2.26. The number of amides is 1. The number of sulfone groups is 1. The van der Waals surface area contributed by atoms with Crippen LogP contribution in [0.15, 0.2) is 44.8 Å². The highest BCUT2D eigenvalue weighted by molar-refractivity contribution is 7.91. The van der Waals surface area contributed by atoms with Crippen LogP contribution in [0.4, 0.5) is 5.13 Å². The summed E-state index contributed by atoms with van der Waals surface area (Å²) in [7, 11) is -6.96. The smallest absolute Gasteiger partial charge is 0.253 e. The van der Waals surface area contributed by atoms with Crippen molar-refractivity contribution in [3.63, 3.8) is 0 Å². The van der Waals surface area contributed by atoms with E-state index in [0.29, 0.717) is 45.6 Å². The van der Waals surface area contributed by atoms with Gasteiger partial charge in [0.05, 0.1) is 15.1 Å². The van der Waals surface area contributed by atoms with Crippen molar-refractivity contribution in [1.29, 1.82) is 0 Å². The number of carbonyl (C=O) groups excluding carboxylic acids is 1. The van der Waals surface area contributed by atoms with Gasteiger partial charge in [0.25, 0.3) is 10.0 Å². The summed E-state index contributed by atoms with van der Waals surface area (Å²) in [4.78, 5) is 22.0. The van der Waals surface area contributed by atoms with E-state index >= 15 is 0 Å². The molecular formula is C21H24N4O5S4. The van der Waals surface area contributed by atoms with Crippen LogP contribution >= 0.6 is 22.7 Å². The summed E-state index contributed by atoms with van der Waals surface area (Å²) < 4.78 is 52.1. The number of piperazine rings is 1. The Balaban J connectivity index is 1.27. The van der Waals surface area contributed by atoms with Crippen molar-refractivity contribution in [2.45, 2.75) is 28.0 Å². The number of hydrogen-bond donors (Lipinski definition) is 0. The summed E-state index contributed by atoms with van der Waals surface area (Å²) in [5, 5.41) is 2.51. The number of anilines is 1. The second-order valence-electron chi connectivity index (χ2n) is 8.42. The van der Waals surface area contributed by atoms with Gasteiger partial charge in [-0.1, -0.05) is 17.4 Å². The highest BCUT2D eigenvalue weighted by Gasteiger charge is 2.42. The van der Waals surface area contributed by atoms with Crippen molar-refractivity contribution < 1.29 is 21.6 Å². The van der Waals surface area contributed by atoms with E-state index in [1.165, 1.54) is 33.2 Å². The third-order valence-corrected chi connectivity index (χ3v) is 11.7. The summed E-state index contributed by atoms with van der Waals surface area (Å²) in [5.74, 6) is -0.139. The lowest BCUT2D eigenvalue weighted by atomic mass is 10.2. The number of hydrogen-bond acceptors (Lipinski definition) is 9. The van der Waals surface area contributed by atoms with Crippen LogP contribution in [0.1, 0.15) is 12.8 Å². The average molecular weight is 541 g/mol. The molecule has 0 spiro atoms. The van der Waals surface area contributed by atoms with Gasteiger partial charge in [-0.05, 0) is 42.5 Å². The zero-order valence-electron chi connectivity index (χ0n) is 18.5. The molecule has 0 N–H and O–H groups in total. The lowest BCUT2D eigenvalue weighted by molar-refractivity contribution is -0.134. The Hall–Kier alpha value is -2.06. The standard InChI is InChI=1S/C21H24N4O5S4/c1-33(27,28)15-6-7-16-18(14-15)32-21(22-16)24-11-9-23(10-12-24)20(26)17-4-2-8-25(17)34(29,30)19-5-3-13-31-19/h3,5-7,13-14,17H,2,4,8-12H2,1H3. The quantitative estimate of drug-likeness (QED) is 0.489. The van der Waals surface area contributed by atoms with Crippen molar-refractivity contribution in [1.82, 2.24) is 14.2 Å². The number of carbonyl (C=O) groups is 1. The van der Waals surface area contributed by atoms with Gasteiger partial charge >= 0.3 is 0 Å². The van der Waals surface area contributed by atoms with Crippen LogP contribution in [0.25, 0.3) is 10.2 Å². The summed E-state index contributed by atoms with van der Waals surface area (Å²) in [6.07, 6.45) is 2.38. The third kappa shape index (κ3) is 4.35. The van der Waals surface area contributed by atoms with E-state index < -0.39 is 25.9 Å². The first kappa shape index (κ1) is 23.7. The van der Waals surface area contributed by atoms with E-state index in [0.717, 1.165) is 15.3 Å². The fourth-order valence-electron chi connectivity index (χ4n) is 4.39. The van der Waals surface area contributed by atoms with Gasteiger partial charge in [0.15, 0.2) is 15.0 Å². The van der Waals surface area contributed by atoms with Crippen molar-refractivity contribution in [2.75, 3.05) is 43.9 Å². The zero-order valence-corrected chi connectivity index (χ0v) is 21.7. The van der Waals surface area contributed by atoms with Gasteiger partial charge < -0.3 is 9.80 Å². The Morgan fingerprint density at radius 2 is 1.82 bits per heavy atom. The zero-order chi connectivity index (χ0) is 24.1. The van der Waals surface area contributed by atoms with Gasteiger partial charge in [0.2, 0.25) is 5.91 Å². The second kappa shape index (κ2) is 8.86. The first-order valence-corrected chi connectivity index (χ1v) is 15.9. The van der Waals surface area contributed by atoms with E-state index in [4.69, 9.17) is 0 Å². The molecule has 1 amide bonds. The molecule has 3 aromatic rings. The van der Waals surface area contributed by atoms with Crippen LogP contribution in [0.3, 0.4) is 0 Å². The molecule has 2 aromatic heterocycles. The molecule has 2 fully saturated rings. The highest BCUT2D eigenvalue weighted by Crippen LogP contribution is 2.32. The molecule has 5 rings (SSSR count). The van der Waals surface area contributed by atoms with E-state index in [-0.39, 0.29) is 15.0 Å². The van der Waals surface area contributed by atoms with Crippen molar-refractivity contribution in [2.24, 2.45) is 0 Å². The van der Waals surface area contributed by atoms with E-state index in [1.807, 2.05) is 0 Å². The molecule has 1 unspecified atom stereocenters. The predicted molar refractivity (Wildman–Crippen MR) is 133 cm³/mol. The molecule has 2 aliphatic heterocycles. The number of thiazole rings is 1. The molecule has 0 aliphatic carbocycles. The van der Waals surface area contributed by atoms with Crippen molar-refractivity contribution in [3.05, 3.63) is 35.7 Å². The SMILES string of the molecule is CS(=O)(=O)c1ccc2nc(N3CCN(C(=O)C4CCCN4S(=O)(=O)c4cccs4)CC3)sc2c1. The number of benzene rings is 1. The fraction of sp³-hybridized carbons (Fsp3) is 0.429. The Kier molecular flexibility index (Phi) is 6.17. The molecule has 2 aliphatic rings. The molecule has 2 saturated heterocycles. The van der Waals surface area contributed by atoms with Gasteiger partial charge in [-0.15, -0.1) is 11.3 Å². The molecule has 1 aromatic carbocycles. The Labute approximate surface area is 206 Å². The van der Waals surface area contributed by atoms with Gasteiger partial charge in [-0.25, -0.2) is 21.8 Å². The molecule has 182 valence electrons. The van der Waals surface area contributed by atoms with Gasteiger partial charge in [-0.3, -0.25) is 4.79 Å². The number of rotatable bonds is 5. The van der Waals surface area contributed by atoms with Crippen LogP contribution in [0, 0.1) is 0 Å². The summed E-state index contributed by atoms with van der Waals surface area (Å²) in [6, 6.07) is 7.55. The van der Waals surface area contributed by atoms with Crippen molar-refractivity contribution >= 4 is 63.8 Å². The van der Waals surface area contributed by atoms with Gasteiger partial charge in [-0.2, -0.15) is 4.31 Å². The minimum Gasteiger partial charge on any atom is -0.345 e. The topological polar surface area (TPSA) is 108 Å². The van der Waals surface area contributed by atoms with Crippen LogP contribution in [0.5, 0.6) is 0 Å². The maximum absolute atomic E-state index is 13.3. The Morgan fingerprint density at radius 1 is 1.06 bits per heavy atom. The molecular weight excluding hydrogens is 517 g/mol. The first-order valence-electron chi connectivity index (χ1n) is 10.8. The third-order valence-electron chi connectivity index (χ3n) is 6.19. The van der Waals surface area contributed by atoms with Crippen LogP contribution in [-0.4, -0.2) is 82.0 Å². The van der Waals surface area contributed by atoms with E-state index in [9.17, 15) is 21.6 Å². The minimum atomic E-state index is -3.67. The molecule has 0 bridgehead atoms. The molecule has 34 heavy (non-hydrogen) atoms. The lowest BCUT2D eigenvalue weighted by Gasteiger charge is -2.37. The molecule has 9 nitrogen and oxygen atoms in total. The maximum atomic E-state index is 13.3. The monoisotopic (exact) mass is 540 g/mol. The number of fused-ring (bicyclic) bond motifs is 1. The van der Waals surface area contributed by atoms with Crippen molar-refractivity contribution in [3.8, 4) is 0 Å². The average Bonchev–Trinajstić information content (AvgIpc) is 3.58. The first-order chi connectivity index (χ1) is 16.1. The van der Waals surface area contributed by atoms with Crippen LogP contribution in [-0.2, 0) is 24.7 Å². The Morgan fingerprint density at radius 3 is 2.50 bits per heavy atom. The highest BCUT2D eigenvalue weighted by atomic mass is 32.2. The van der Waals surface area contributed by atoms with Gasteiger partial charge in [0.1, 0.15) is 10.3 Å². The fourth-order valence-corrected chi connectivity index (χ4v) is 8.94. The summed E-state index contributed by atoms with van der Waals surface area (Å²) in [5.41, 5.74) is 0.742. The van der Waals surface area contributed by atoms with Crippen LogP contribution in [0.2, 0.25) is 0 Å². The van der Waals surface area contributed by atoms with E-state index in [1.54, 1.807) is 40.6 Å². The van der Waals surface area contributed by atoms with Gasteiger partial charge in [0, 0.05) is 39.0 Å². The van der Waals surface area contributed by atoms with Crippen LogP contribution < -0.4 is 4.90 Å².